The van der Waals surface area contributed by atoms with E-state index in [1.807, 2.05) is 0 Å². The molecule has 0 bridgehead atoms. The Labute approximate surface area is 119 Å². The van der Waals surface area contributed by atoms with Gasteiger partial charge in [-0.05, 0) is 41.8 Å². The average molecular weight is 301 g/mol. The highest BCUT2D eigenvalue weighted by Gasteiger charge is 2.12. The van der Waals surface area contributed by atoms with Crippen LogP contribution in [0.25, 0.3) is 0 Å². The second kappa shape index (κ2) is 6.29. The molecule has 1 nitrogen and oxygen atoms in total. The molecule has 20 heavy (non-hydrogen) atoms. The van der Waals surface area contributed by atoms with E-state index in [0.717, 1.165) is 24.3 Å². The van der Waals surface area contributed by atoms with Gasteiger partial charge >= 0.3 is 0 Å². The summed E-state index contributed by atoms with van der Waals surface area (Å²) in [6.45, 7) is 0. The molecule has 0 aliphatic rings. The number of hydrogen-bond acceptors (Lipinski definition) is 1. The highest BCUT2D eigenvalue weighted by atomic mass is 35.5. The summed E-state index contributed by atoms with van der Waals surface area (Å²) in [6, 6.07) is 7.21. The Morgan fingerprint density at radius 2 is 1.60 bits per heavy atom. The maximum absolute atomic E-state index is 13.6. The van der Waals surface area contributed by atoms with E-state index in [1.54, 1.807) is 0 Å². The standard InChI is InChI=1S/C15H12ClF3O/c16-11-2-1-10(15(19)7-11)6-14(20)5-9-3-12(17)8-13(18)4-9/h1-4,7-8,14,20H,5-6H2. The zero-order valence-electron chi connectivity index (χ0n) is 10.4. The van der Waals surface area contributed by atoms with Crippen molar-refractivity contribution in [3.63, 3.8) is 0 Å². The van der Waals surface area contributed by atoms with Gasteiger partial charge in [0.2, 0.25) is 0 Å². The second-order valence-corrected chi connectivity index (χ2v) is 5.01. The van der Waals surface area contributed by atoms with Crippen LogP contribution in [0.15, 0.2) is 36.4 Å². The Balaban J connectivity index is 2.06. The summed E-state index contributed by atoms with van der Waals surface area (Å²) < 4.78 is 39.6. The van der Waals surface area contributed by atoms with E-state index in [-0.39, 0.29) is 17.9 Å². The predicted molar refractivity (Wildman–Crippen MR) is 71.2 cm³/mol. The highest BCUT2D eigenvalue weighted by Crippen LogP contribution is 2.18. The van der Waals surface area contributed by atoms with Crippen molar-refractivity contribution < 1.29 is 18.3 Å². The van der Waals surface area contributed by atoms with Crippen molar-refractivity contribution in [1.82, 2.24) is 0 Å². The summed E-state index contributed by atoms with van der Waals surface area (Å²) in [5.74, 6) is -1.92. The lowest BCUT2D eigenvalue weighted by atomic mass is 10.0. The van der Waals surface area contributed by atoms with Crippen LogP contribution < -0.4 is 0 Å². The second-order valence-electron chi connectivity index (χ2n) is 4.58. The van der Waals surface area contributed by atoms with Gasteiger partial charge in [0.15, 0.2) is 0 Å². The summed E-state index contributed by atoms with van der Waals surface area (Å²) in [6.07, 6.45) is -0.857. The number of aliphatic hydroxyl groups excluding tert-OH is 1. The number of hydrogen-bond donors (Lipinski definition) is 1. The Morgan fingerprint density at radius 1 is 0.950 bits per heavy atom. The van der Waals surface area contributed by atoms with Crippen molar-refractivity contribution in [2.75, 3.05) is 0 Å². The topological polar surface area (TPSA) is 20.2 Å². The summed E-state index contributed by atoms with van der Waals surface area (Å²) in [7, 11) is 0. The number of aliphatic hydroxyl groups is 1. The van der Waals surface area contributed by atoms with Crippen molar-refractivity contribution in [3.8, 4) is 0 Å². The van der Waals surface area contributed by atoms with Gasteiger partial charge in [0.25, 0.3) is 0 Å². The van der Waals surface area contributed by atoms with Crippen LogP contribution in [0.2, 0.25) is 5.02 Å². The molecule has 5 heteroatoms. The molecule has 106 valence electrons. The fraction of sp³-hybridized carbons (Fsp3) is 0.200. The van der Waals surface area contributed by atoms with Gasteiger partial charge in [0.1, 0.15) is 17.5 Å². The van der Waals surface area contributed by atoms with Crippen molar-refractivity contribution in [3.05, 3.63) is 70.0 Å². The molecule has 0 aromatic heterocycles. The first-order valence-corrected chi connectivity index (χ1v) is 6.39. The van der Waals surface area contributed by atoms with Gasteiger partial charge in [0, 0.05) is 17.5 Å². The highest BCUT2D eigenvalue weighted by molar-refractivity contribution is 6.30. The van der Waals surface area contributed by atoms with Gasteiger partial charge in [-0.15, -0.1) is 0 Å². The molecule has 0 heterocycles. The monoisotopic (exact) mass is 300 g/mol. The molecule has 2 aromatic rings. The van der Waals surface area contributed by atoms with Crippen LogP contribution in [0.5, 0.6) is 0 Å². The molecule has 0 spiro atoms. The zero-order chi connectivity index (χ0) is 14.7. The van der Waals surface area contributed by atoms with E-state index < -0.39 is 23.6 Å². The van der Waals surface area contributed by atoms with Crippen LogP contribution in [-0.4, -0.2) is 11.2 Å². The quantitative estimate of drug-likeness (QED) is 0.908. The van der Waals surface area contributed by atoms with E-state index in [4.69, 9.17) is 11.6 Å². The van der Waals surface area contributed by atoms with E-state index in [2.05, 4.69) is 0 Å². The Morgan fingerprint density at radius 3 is 2.20 bits per heavy atom. The van der Waals surface area contributed by atoms with Gasteiger partial charge in [-0.1, -0.05) is 17.7 Å². The van der Waals surface area contributed by atoms with E-state index >= 15 is 0 Å². The van der Waals surface area contributed by atoms with Crippen LogP contribution >= 0.6 is 11.6 Å². The molecule has 1 unspecified atom stereocenters. The summed E-state index contributed by atoms with van der Waals surface area (Å²) in [5, 5.41) is 10.2. The molecule has 0 aliphatic heterocycles. The fourth-order valence-electron chi connectivity index (χ4n) is 2.01. The van der Waals surface area contributed by atoms with Gasteiger partial charge in [0.05, 0.1) is 6.10 Å². The maximum atomic E-state index is 13.6. The summed E-state index contributed by atoms with van der Waals surface area (Å²) in [4.78, 5) is 0. The molecule has 0 saturated carbocycles. The minimum Gasteiger partial charge on any atom is -0.392 e. The van der Waals surface area contributed by atoms with E-state index in [0.29, 0.717) is 11.1 Å². The normalized spacial score (nSPS) is 12.4. The molecule has 2 aromatic carbocycles. The van der Waals surface area contributed by atoms with Crippen molar-refractivity contribution in [2.45, 2.75) is 18.9 Å². The Hall–Kier alpha value is -1.52. The zero-order valence-corrected chi connectivity index (χ0v) is 11.2. The molecule has 0 radical (unpaired) electrons. The SMILES string of the molecule is OC(Cc1cc(F)cc(F)c1)Cc1ccc(Cl)cc1F. The van der Waals surface area contributed by atoms with Crippen LogP contribution in [0, 0.1) is 17.5 Å². The van der Waals surface area contributed by atoms with Crippen LogP contribution in [0.4, 0.5) is 13.2 Å². The lowest BCUT2D eigenvalue weighted by Gasteiger charge is -2.12. The lowest BCUT2D eigenvalue weighted by molar-refractivity contribution is 0.174. The van der Waals surface area contributed by atoms with Gasteiger partial charge < -0.3 is 5.11 Å². The number of benzene rings is 2. The predicted octanol–water partition coefficient (Wildman–Crippen LogP) is 3.90. The molecule has 0 amide bonds. The Kier molecular flexibility index (Phi) is 4.68. The summed E-state index contributed by atoms with van der Waals surface area (Å²) in [5.41, 5.74) is 0.628. The van der Waals surface area contributed by atoms with Gasteiger partial charge in [-0.2, -0.15) is 0 Å². The van der Waals surface area contributed by atoms with Crippen LogP contribution in [0.1, 0.15) is 11.1 Å². The van der Waals surface area contributed by atoms with Crippen LogP contribution in [0.3, 0.4) is 0 Å². The lowest BCUT2D eigenvalue weighted by Crippen LogP contribution is -2.15. The number of halogens is 4. The van der Waals surface area contributed by atoms with Crippen LogP contribution in [-0.2, 0) is 12.8 Å². The molecule has 0 fully saturated rings. The molecule has 0 aliphatic carbocycles. The summed E-state index contributed by atoms with van der Waals surface area (Å²) >= 11 is 5.63. The van der Waals surface area contributed by atoms with Crippen molar-refractivity contribution >= 4 is 11.6 Å². The third-order valence-electron chi connectivity index (χ3n) is 2.86. The first kappa shape index (κ1) is 14.9. The number of rotatable bonds is 4. The first-order chi connectivity index (χ1) is 9.44. The minimum absolute atomic E-state index is 0.0384. The molecule has 0 saturated heterocycles. The molecule has 2 rings (SSSR count). The average Bonchev–Trinajstić information content (AvgIpc) is 2.31. The minimum atomic E-state index is -0.938. The third kappa shape index (κ3) is 3.99. The smallest absolute Gasteiger partial charge is 0.127 e. The Bertz CT molecular complexity index is 596. The fourth-order valence-corrected chi connectivity index (χ4v) is 2.17. The van der Waals surface area contributed by atoms with E-state index in [9.17, 15) is 18.3 Å². The van der Waals surface area contributed by atoms with Crippen molar-refractivity contribution in [2.24, 2.45) is 0 Å². The molecular weight excluding hydrogens is 289 g/mol. The molecular formula is C15H12ClF3O. The largest absolute Gasteiger partial charge is 0.392 e. The maximum Gasteiger partial charge on any atom is 0.127 e. The first-order valence-electron chi connectivity index (χ1n) is 6.01. The van der Waals surface area contributed by atoms with Gasteiger partial charge in [-0.25, -0.2) is 13.2 Å². The molecule has 1 atom stereocenters. The van der Waals surface area contributed by atoms with E-state index in [1.165, 1.54) is 12.1 Å². The third-order valence-corrected chi connectivity index (χ3v) is 3.10. The van der Waals surface area contributed by atoms with Crippen molar-refractivity contribution in [1.29, 1.82) is 0 Å². The van der Waals surface area contributed by atoms with Gasteiger partial charge in [-0.3, -0.25) is 0 Å². The molecule has 1 N–H and O–H groups in total.